The van der Waals surface area contributed by atoms with Crippen LogP contribution in [0, 0.1) is 0 Å². The van der Waals surface area contributed by atoms with Gasteiger partial charge in [-0.15, -0.1) is 0 Å². The number of piperidine rings is 1. The monoisotopic (exact) mass is 460 g/mol. The number of hydrogen-bond acceptors (Lipinski definition) is 9. The average Bonchev–Trinajstić information content (AvgIpc) is 3.34. The Balaban J connectivity index is 1.27. The Hall–Kier alpha value is -3.21. The maximum atomic E-state index is 12.8. The van der Waals surface area contributed by atoms with Gasteiger partial charge in [-0.05, 0) is 31.9 Å². The Morgan fingerprint density at radius 2 is 1.91 bits per heavy atom. The van der Waals surface area contributed by atoms with Gasteiger partial charge in [0.1, 0.15) is 5.82 Å². The van der Waals surface area contributed by atoms with Crippen LogP contribution in [0.15, 0.2) is 24.4 Å². The minimum Gasteiger partial charge on any atom is -0.449 e. The molecule has 4 rings (SSSR count). The lowest BCUT2D eigenvalue weighted by Gasteiger charge is -2.38. The Morgan fingerprint density at radius 3 is 2.61 bits per heavy atom. The maximum Gasteiger partial charge on any atom is 0.410 e. The number of fused-ring (bicyclic) bond motifs is 1. The molecular weight excluding hydrogens is 432 g/mol. The maximum absolute atomic E-state index is 12.8. The SMILES string of the molecule is CCOC1C(=O)C(OC(=O)COC(=O)N2CCN(c3ccccn3)CC2)C2CCCN2C1=O. The minimum atomic E-state index is -1.26. The lowest BCUT2D eigenvalue weighted by Crippen LogP contribution is -2.62. The van der Waals surface area contributed by atoms with Gasteiger partial charge in [0.25, 0.3) is 5.91 Å². The molecule has 3 aliphatic rings. The number of ether oxygens (including phenoxy) is 3. The van der Waals surface area contributed by atoms with Crippen LogP contribution in [-0.2, 0) is 28.6 Å². The van der Waals surface area contributed by atoms with E-state index in [1.54, 1.807) is 18.0 Å². The zero-order valence-electron chi connectivity index (χ0n) is 18.6. The zero-order valence-corrected chi connectivity index (χ0v) is 18.6. The van der Waals surface area contributed by atoms with Crippen LogP contribution in [0.1, 0.15) is 19.8 Å². The van der Waals surface area contributed by atoms with E-state index in [2.05, 4.69) is 9.88 Å². The molecule has 3 saturated heterocycles. The molecule has 33 heavy (non-hydrogen) atoms. The molecule has 3 atom stereocenters. The van der Waals surface area contributed by atoms with Crippen LogP contribution in [0.3, 0.4) is 0 Å². The molecule has 0 aromatic carbocycles. The van der Waals surface area contributed by atoms with Crippen molar-refractivity contribution in [2.45, 2.75) is 38.0 Å². The fraction of sp³-hybridized carbons (Fsp3) is 0.591. The van der Waals surface area contributed by atoms with Crippen LogP contribution in [0.5, 0.6) is 0 Å². The molecule has 178 valence electrons. The van der Waals surface area contributed by atoms with E-state index < -0.39 is 42.7 Å². The van der Waals surface area contributed by atoms with Crippen LogP contribution < -0.4 is 4.90 Å². The highest BCUT2D eigenvalue weighted by atomic mass is 16.6. The number of hydrogen-bond donors (Lipinski definition) is 0. The molecule has 3 fully saturated rings. The summed E-state index contributed by atoms with van der Waals surface area (Å²) >= 11 is 0. The van der Waals surface area contributed by atoms with E-state index >= 15 is 0 Å². The highest BCUT2D eigenvalue weighted by Crippen LogP contribution is 2.29. The van der Waals surface area contributed by atoms with Gasteiger partial charge in [-0.25, -0.2) is 14.6 Å². The summed E-state index contributed by atoms with van der Waals surface area (Å²) in [4.78, 5) is 59.5. The van der Waals surface area contributed by atoms with E-state index in [9.17, 15) is 19.2 Å². The molecule has 11 nitrogen and oxygen atoms in total. The van der Waals surface area contributed by atoms with Crippen molar-refractivity contribution in [3.63, 3.8) is 0 Å². The fourth-order valence-electron chi connectivity index (χ4n) is 4.50. The first-order chi connectivity index (χ1) is 16.0. The minimum absolute atomic E-state index is 0.187. The summed E-state index contributed by atoms with van der Waals surface area (Å²) in [6.07, 6.45) is 0.00282. The Morgan fingerprint density at radius 1 is 1.12 bits per heavy atom. The number of aromatic nitrogens is 1. The van der Waals surface area contributed by atoms with E-state index in [1.165, 1.54) is 4.90 Å². The quantitative estimate of drug-likeness (QED) is 0.434. The molecule has 0 spiro atoms. The molecule has 3 aliphatic heterocycles. The molecule has 4 heterocycles. The molecular formula is C22H28N4O7. The molecule has 1 aromatic rings. The predicted octanol–water partition coefficient (Wildman–Crippen LogP) is 0.231. The van der Waals surface area contributed by atoms with Gasteiger partial charge in [0.05, 0.1) is 6.04 Å². The number of esters is 1. The Kier molecular flexibility index (Phi) is 7.07. The summed E-state index contributed by atoms with van der Waals surface area (Å²) in [6.45, 7) is 3.81. The molecule has 0 saturated carbocycles. The van der Waals surface area contributed by atoms with Crippen molar-refractivity contribution in [2.24, 2.45) is 0 Å². The second-order valence-electron chi connectivity index (χ2n) is 8.11. The number of ketones is 1. The Bertz CT molecular complexity index is 888. The third-order valence-corrected chi connectivity index (χ3v) is 6.11. The van der Waals surface area contributed by atoms with Crippen molar-refractivity contribution in [1.82, 2.24) is 14.8 Å². The number of piperazine rings is 1. The van der Waals surface area contributed by atoms with Crippen LogP contribution in [0.25, 0.3) is 0 Å². The largest absolute Gasteiger partial charge is 0.449 e. The number of Topliss-reactive ketones (excluding diaryl/α,β-unsaturated/α-hetero) is 1. The standard InChI is InChI=1S/C22H28N4O7/c1-2-31-20-18(28)19(15-6-5-9-26(15)21(20)29)33-17(27)14-32-22(30)25-12-10-24(11-13-25)16-7-3-4-8-23-16/h3-4,7-8,15,19-20H,2,5-6,9-14H2,1H3. The van der Waals surface area contributed by atoms with Gasteiger partial charge in [0, 0.05) is 45.5 Å². The highest BCUT2D eigenvalue weighted by Gasteiger charge is 2.52. The number of pyridine rings is 1. The predicted molar refractivity (Wildman–Crippen MR) is 114 cm³/mol. The van der Waals surface area contributed by atoms with E-state index in [1.807, 2.05) is 18.2 Å². The number of carbonyl (C=O) groups excluding carboxylic acids is 4. The number of anilines is 1. The van der Waals surface area contributed by atoms with Gasteiger partial charge >= 0.3 is 12.1 Å². The van der Waals surface area contributed by atoms with E-state index in [0.717, 1.165) is 12.2 Å². The number of carbonyl (C=O) groups is 4. The number of amides is 2. The summed E-state index contributed by atoms with van der Waals surface area (Å²) in [5.74, 6) is -0.926. The first-order valence-electron chi connectivity index (χ1n) is 11.2. The topological polar surface area (TPSA) is 119 Å². The smallest absolute Gasteiger partial charge is 0.410 e. The van der Waals surface area contributed by atoms with Gasteiger partial charge in [-0.1, -0.05) is 6.07 Å². The summed E-state index contributed by atoms with van der Waals surface area (Å²) in [5.41, 5.74) is 0. The van der Waals surface area contributed by atoms with Crippen molar-refractivity contribution in [1.29, 1.82) is 0 Å². The third kappa shape index (κ3) is 4.92. The second kappa shape index (κ2) is 10.2. The van der Waals surface area contributed by atoms with Crippen LogP contribution >= 0.6 is 0 Å². The van der Waals surface area contributed by atoms with Crippen molar-refractivity contribution < 1.29 is 33.4 Å². The first-order valence-corrected chi connectivity index (χ1v) is 11.2. The van der Waals surface area contributed by atoms with Gasteiger partial charge in [0.2, 0.25) is 5.78 Å². The van der Waals surface area contributed by atoms with Crippen molar-refractivity contribution in [2.75, 3.05) is 50.8 Å². The highest BCUT2D eigenvalue weighted by molar-refractivity contribution is 6.09. The van der Waals surface area contributed by atoms with Crippen molar-refractivity contribution in [3.05, 3.63) is 24.4 Å². The van der Waals surface area contributed by atoms with Gasteiger partial charge in [0.15, 0.2) is 18.8 Å². The number of rotatable bonds is 6. The van der Waals surface area contributed by atoms with E-state index in [4.69, 9.17) is 14.2 Å². The lowest BCUT2D eigenvalue weighted by molar-refractivity contribution is -0.178. The van der Waals surface area contributed by atoms with E-state index in [0.29, 0.717) is 39.1 Å². The van der Waals surface area contributed by atoms with Crippen LogP contribution in [0.2, 0.25) is 0 Å². The summed E-state index contributed by atoms with van der Waals surface area (Å²) < 4.78 is 15.8. The molecule has 0 bridgehead atoms. The molecule has 0 radical (unpaired) electrons. The first kappa shape index (κ1) is 23.0. The van der Waals surface area contributed by atoms with Crippen LogP contribution in [0.4, 0.5) is 10.6 Å². The molecule has 1 aromatic heterocycles. The lowest BCUT2D eigenvalue weighted by atomic mass is 9.95. The van der Waals surface area contributed by atoms with Crippen LogP contribution in [-0.4, -0.2) is 103 Å². The molecule has 11 heteroatoms. The molecule has 0 aliphatic carbocycles. The van der Waals surface area contributed by atoms with Gasteiger partial charge < -0.3 is 28.9 Å². The van der Waals surface area contributed by atoms with E-state index in [-0.39, 0.29) is 12.5 Å². The summed E-state index contributed by atoms with van der Waals surface area (Å²) in [7, 11) is 0. The normalized spacial score (nSPS) is 25.1. The van der Waals surface area contributed by atoms with Gasteiger partial charge in [-0.3, -0.25) is 9.59 Å². The third-order valence-electron chi connectivity index (χ3n) is 6.11. The molecule has 3 unspecified atom stereocenters. The van der Waals surface area contributed by atoms with Gasteiger partial charge in [-0.2, -0.15) is 0 Å². The van der Waals surface area contributed by atoms with Crippen molar-refractivity contribution in [3.8, 4) is 0 Å². The number of nitrogens with zero attached hydrogens (tertiary/aromatic N) is 4. The summed E-state index contributed by atoms with van der Waals surface area (Å²) in [5, 5.41) is 0. The fourth-order valence-corrected chi connectivity index (χ4v) is 4.50. The van der Waals surface area contributed by atoms with Crippen molar-refractivity contribution >= 4 is 29.6 Å². The summed E-state index contributed by atoms with van der Waals surface area (Å²) in [6, 6.07) is 5.16. The second-order valence-corrected chi connectivity index (χ2v) is 8.11. The molecule has 2 amide bonds. The Labute approximate surface area is 191 Å². The average molecular weight is 460 g/mol. The molecule has 0 N–H and O–H groups in total. The zero-order chi connectivity index (χ0) is 23.4.